The molecule has 0 saturated carbocycles. The molecule has 3 rings (SSSR count). The zero-order valence-corrected chi connectivity index (χ0v) is 14.5. The molecule has 0 radical (unpaired) electrons. The molecule has 0 aliphatic carbocycles. The predicted molar refractivity (Wildman–Crippen MR) is 91.7 cm³/mol. The number of carbonyl (C=O) groups excluding carboxylic acids is 2. The van der Waals surface area contributed by atoms with Crippen LogP contribution in [0.1, 0.15) is 0 Å². The Morgan fingerprint density at radius 2 is 2.21 bits per heavy atom. The Kier molecular flexibility index (Phi) is 4.70. The Morgan fingerprint density at radius 3 is 2.88 bits per heavy atom. The molecule has 0 atom stereocenters. The van der Waals surface area contributed by atoms with Crippen LogP contribution in [0.5, 0.6) is 0 Å². The fourth-order valence-corrected chi connectivity index (χ4v) is 3.35. The average molecular weight is 394 g/mol. The molecular formula is C16H18BrN4O3+. The minimum Gasteiger partial charge on any atom is -0.348 e. The molecule has 1 aromatic heterocycles. The van der Waals surface area contributed by atoms with Gasteiger partial charge in [0.2, 0.25) is 11.8 Å². The molecule has 4 N–H and O–H groups in total. The Balaban J connectivity index is 1.64. The number of hydrogen-bond donors (Lipinski definition) is 3. The topological polar surface area (TPSA) is 91.2 Å². The van der Waals surface area contributed by atoms with Crippen LogP contribution in [0, 0.1) is 0 Å². The van der Waals surface area contributed by atoms with Crippen LogP contribution in [0.2, 0.25) is 0 Å². The quantitative estimate of drug-likeness (QED) is 0.392. The summed E-state index contributed by atoms with van der Waals surface area (Å²) in [4.78, 5) is 25.2. The molecule has 0 bridgehead atoms. The first-order valence-electron chi connectivity index (χ1n) is 7.48. The Hall–Kier alpha value is -2.16. The van der Waals surface area contributed by atoms with Crippen LogP contribution in [-0.2, 0) is 16.1 Å². The van der Waals surface area contributed by atoms with Gasteiger partial charge in [-0.3, -0.25) is 9.59 Å². The first-order chi connectivity index (χ1) is 11.5. The van der Waals surface area contributed by atoms with Crippen molar-refractivity contribution in [2.45, 2.75) is 12.6 Å². The van der Waals surface area contributed by atoms with Crippen molar-refractivity contribution in [3.05, 3.63) is 41.5 Å². The molecular weight excluding hydrogens is 376 g/mol. The second-order valence-corrected chi connectivity index (χ2v) is 6.58. The number of quaternary nitrogens is 1. The largest absolute Gasteiger partial charge is 0.348 e. The van der Waals surface area contributed by atoms with Gasteiger partial charge in [-0.2, -0.15) is 5.48 Å². The minimum atomic E-state index is -0.114. The highest BCUT2D eigenvalue weighted by Gasteiger charge is 2.30. The normalized spacial score (nSPS) is 14.5. The van der Waals surface area contributed by atoms with Gasteiger partial charge in [0.15, 0.2) is 5.69 Å². The van der Waals surface area contributed by atoms with Crippen molar-refractivity contribution in [2.75, 3.05) is 13.1 Å². The lowest BCUT2D eigenvalue weighted by atomic mass is 10.1. The molecule has 1 fully saturated rings. The van der Waals surface area contributed by atoms with E-state index in [9.17, 15) is 9.59 Å². The molecule has 2 aromatic rings. The van der Waals surface area contributed by atoms with Crippen molar-refractivity contribution >= 4 is 44.3 Å². The van der Waals surface area contributed by atoms with Gasteiger partial charge in [0.05, 0.1) is 11.6 Å². The highest BCUT2D eigenvalue weighted by molar-refractivity contribution is 9.10. The van der Waals surface area contributed by atoms with Gasteiger partial charge < -0.3 is 14.8 Å². The van der Waals surface area contributed by atoms with Crippen LogP contribution in [0.25, 0.3) is 10.9 Å². The molecule has 1 aromatic carbocycles. The third-order valence-electron chi connectivity index (χ3n) is 4.05. The van der Waals surface area contributed by atoms with Crippen molar-refractivity contribution in [3.8, 4) is 0 Å². The summed E-state index contributed by atoms with van der Waals surface area (Å²) >= 11 is 3.48. The van der Waals surface area contributed by atoms with Crippen LogP contribution in [0.15, 0.2) is 41.5 Å². The van der Waals surface area contributed by atoms with E-state index in [-0.39, 0.29) is 24.4 Å². The number of benzene rings is 1. The number of hydrogen-bond acceptors (Lipinski definition) is 3. The summed E-state index contributed by atoms with van der Waals surface area (Å²) in [6.45, 7) is 4.67. The maximum Gasteiger partial charge on any atom is 0.246 e. The van der Waals surface area contributed by atoms with Crippen LogP contribution >= 0.6 is 15.9 Å². The summed E-state index contributed by atoms with van der Waals surface area (Å²) in [5, 5.41) is 13.0. The molecule has 24 heavy (non-hydrogen) atoms. The molecule has 126 valence electrons. The van der Waals surface area contributed by atoms with Crippen LogP contribution < -0.4 is 10.8 Å². The summed E-state index contributed by atoms with van der Waals surface area (Å²) in [5.74, 6) is -0.217. The van der Waals surface area contributed by atoms with E-state index in [2.05, 4.69) is 27.8 Å². The second-order valence-electron chi connectivity index (χ2n) is 5.72. The predicted octanol–water partition coefficient (Wildman–Crippen LogP) is 0.501. The van der Waals surface area contributed by atoms with Gasteiger partial charge in [-0.25, -0.2) is 5.21 Å². The smallest absolute Gasteiger partial charge is 0.246 e. The van der Waals surface area contributed by atoms with E-state index in [1.54, 1.807) is 11.0 Å². The maximum atomic E-state index is 12.2. The molecule has 2 heterocycles. The Labute approximate surface area is 147 Å². The van der Waals surface area contributed by atoms with Crippen molar-refractivity contribution < 1.29 is 20.3 Å². The summed E-state index contributed by atoms with van der Waals surface area (Å²) in [6.07, 6.45) is 3.12. The van der Waals surface area contributed by atoms with Gasteiger partial charge in [0.1, 0.15) is 6.54 Å². The summed E-state index contributed by atoms with van der Waals surface area (Å²) < 4.78 is 2.71. The van der Waals surface area contributed by atoms with Crippen molar-refractivity contribution in [1.82, 2.24) is 14.8 Å². The number of nitrogens with two attached hydrogens (primary N) is 1. The number of likely N-dealkylation sites (tertiary alicyclic amines) is 1. The van der Waals surface area contributed by atoms with E-state index in [1.165, 1.54) is 6.08 Å². The van der Waals surface area contributed by atoms with E-state index >= 15 is 0 Å². The maximum absolute atomic E-state index is 12.2. The zero-order valence-electron chi connectivity index (χ0n) is 12.9. The van der Waals surface area contributed by atoms with E-state index in [0.717, 1.165) is 20.9 Å². The summed E-state index contributed by atoms with van der Waals surface area (Å²) in [5.41, 5.74) is 2.65. The fraction of sp³-hybridized carbons (Fsp3) is 0.250. The molecule has 1 aliphatic heterocycles. The van der Waals surface area contributed by atoms with Crippen molar-refractivity contribution in [2.24, 2.45) is 0 Å². The van der Waals surface area contributed by atoms with E-state index in [4.69, 9.17) is 5.21 Å². The number of nitrogens with zero attached hydrogens (tertiary/aromatic N) is 2. The lowest BCUT2D eigenvalue weighted by Gasteiger charge is -2.38. The van der Waals surface area contributed by atoms with Crippen molar-refractivity contribution in [1.29, 1.82) is 0 Å². The average Bonchev–Trinajstić information content (AvgIpc) is 2.85. The van der Waals surface area contributed by atoms with Crippen LogP contribution in [0.3, 0.4) is 0 Å². The number of halogens is 1. The number of amides is 2. The molecule has 2 amide bonds. The van der Waals surface area contributed by atoms with E-state index in [0.29, 0.717) is 18.8 Å². The minimum absolute atomic E-state index is 0.0118. The standard InChI is InChI=1S/C16H17BrN4O3/c1-2-16(23)21-6-11(7-21)18-15(22)9-20-8-13(17)12-5-10(19-24)3-4-14(12)20/h2-5,8,11,19,24H,1,6-7,9H2,(H,18,22)/p+1. The lowest BCUT2D eigenvalue weighted by molar-refractivity contribution is -0.825. The number of carbonyl (C=O) groups is 2. The van der Waals surface area contributed by atoms with Gasteiger partial charge in [-0.15, -0.1) is 0 Å². The molecule has 0 unspecified atom stereocenters. The van der Waals surface area contributed by atoms with Crippen LogP contribution in [-0.4, -0.2) is 45.6 Å². The third kappa shape index (κ3) is 3.21. The third-order valence-corrected chi connectivity index (χ3v) is 4.68. The lowest BCUT2D eigenvalue weighted by Crippen LogP contribution is -2.73. The zero-order chi connectivity index (χ0) is 17.3. The highest BCUT2D eigenvalue weighted by atomic mass is 79.9. The van der Waals surface area contributed by atoms with Gasteiger partial charge in [0, 0.05) is 41.3 Å². The van der Waals surface area contributed by atoms with E-state index in [1.807, 2.05) is 22.9 Å². The number of nitrogens with one attached hydrogen (secondary N) is 1. The van der Waals surface area contributed by atoms with Gasteiger partial charge in [0.25, 0.3) is 0 Å². The highest BCUT2D eigenvalue weighted by Crippen LogP contribution is 2.27. The number of fused-ring (bicyclic) bond motifs is 1. The second kappa shape index (κ2) is 6.76. The first-order valence-corrected chi connectivity index (χ1v) is 8.27. The molecule has 8 heteroatoms. The molecule has 7 nitrogen and oxygen atoms in total. The molecule has 0 spiro atoms. The number of aromatic nitrogens is 1. The summed E-state index contributed by atoms with van der Waals surface area (Å²) in [6, 6.07) is 5.48. The van der Waals surface area contributed by atoms with Gasteiger partial charge in [-0.1, -0.05) is 6.58 Å². The molecule has 1 aliphatic rings. The van der Waals surface area contributed by atoms with Crippen LogP contribution in [0.4, 0.5) is 5.69 Å². The van der Waals surface area contributed by atoms with Gasteiger partial charge >= 0.3 is 0 Å². The SMILES string of the molecule is C=CC(=O)N1CC(NC(=O)Cn2cc(Br)c3cc([NH2+]O)ccc32)C1. The summed E-state index contributed by atoms with van der Waals surface area (Å²) in [7, 11) is 0. The Bertz CT molecular complexity index is 811. The fourth-order valence-electron chi connectivity index (χ4n) is 2.79. The monoisotopic (exact) mass is 393 g/mol. The molecule has 1 saturated heterocycles. The first kappa shape index (κ1) is 16.7. The van der Waals surface area contributed by atoms with E-state index < -0.39 is 0 Å². The number of rotatable bonds is 5. The van der Waals surface area contributed by atoms with Gasteiger partial charge in [-0.05, 0) is 28.1 Å². The Morgan fingerprint density at radius 1 is 1.46 bits per heavy atom. The van der Waals surface area contributed by atoms with Crippen molar-refractivity contribution in [3.63, 3.8) is 0 Å².